The first-order chi connectivity index (χ1) is 14.6. The number of amides is 4. The molecule has 2 unspecified atom stereocenters. The molecule has 0 fully saturated rings. The zero-order chi connectivity index (χ0) is 23.4. The van der Waals surface area contributed by atoms with E-state index in [0.29, 0.717) is 24.1 Å². The topological polar surface area (TPSA) is 152 Å². The van der Waals surface area contributed by atoms with Crippen LogP contribution >= 0.6 is 9.39 Å². The van der Waals surface area contributed by atoms with Crippen LogP contribution in [0, 0.1) is 5.92 Å². The molecule has 0 saturated carbocycles. The number of hydrogen-bond donors (Lipinski definition) is 5. The van der Waals surface area contributed by atoms with E-state index in [1.807, 2.05) is 13.8 Å². The van der Waals surface area contributed by atoms with Gasteiger partial charge in [-0.3, -0.25) is 19.5 Å². The number of carbonyl (C=O) groups excluding carboxylic acids is 4. The molecule has 0 bridgehead atoms. The lowest BCUT2D eigenvalue weighted by molar-refractivity contribution is -0.128. The van der Waals surface area contributed by atoms with Gasteiger partial charge in [0.25, 0.3) is 0 Å². The van der Waals surface area contributed by atoms with Crippen molar-refractivity contribution in [3.05, 3.63) is 29.8 Å². The van der Waals surface area contributed by atoms with Crippen LogP contribution in [0.2, 0.25) is 0 Å². The first-order valence-electron chi connectivity index (χ1n) is 9.75. The van der Waals surface area contributed by atoms with E-state index >= 15 is 0 Å². The zero-order valence-corrected chi connectivity index (χ0v) is 18.8. The maximum atomic E-state index is 12.8. The molecule has 1 aromatic rings. The molecule has 0 heterocycles. The van der Waals surface area contributed by atoms with Crippen LogP contribution in [-0.4, -0.2) is 50.2 Å². The van der Waals surface area contributed by atoms with Gasteiger partial charge in [-0.25, -0.2) is 4.79 Å². The van der Waals surface area contributed by atoms with E-state index in [-0.39, 0.29) is 25.0 Å². The fourth-order valence-electron chi connectivity index (χ4n) is 2.69. The Balaban J connectivity index is 2.80. The summed E-state index contributed by atoms with van der Waals surface area (Å²) in [6, 6.07) is 4.68. The number of nitrogens with one attached hydrogen (secondary N) is 4. The molecular formula is C19H29BN5O5P. The van der Waals surface area contributed by atoms with Crippen molar-refractivity contribution in [2.75, 3.05) is 11.9 Å². The van der Waals surface area contributed by atoms with Crippen molar-refractivity contribution < 1.29 is 23.9 Å². The maximum Gasteiger partial charge on any atom is 0.312 e. The number of rotatable bonds is 12. The van der Waals surface area contributed by atoms with Gasteiger partial charge in [0.05, 0.1) is 6.04 Å². The summed E-state index contributed by atoms with van der Waals surface area (Å²) in [4.78, 5) is 46.9. The van der Waals surface area contributed by atoms with Crippen LogP contribution in [-0.2, 0) is 20.9 Å². The average molecular weight is 449 g/mol. The second-order valence-electron chi connectivity index (χ2n) is 7.18. The van der Waals surface area contributed by atoms with E-state index in [4.69, 9.17) is 18.3 Å². The summed E-state index contributed by atoms with van der Waals surface area (Å²) in [6.45, 7) is 4.07. The molecule has 168 valence electrons. The van der Waals surface area contributed by atoms with Crippen LogP contribution in [0.25, 0.3) is 0 Å². The molecule has 10 nitrogen and oxygen atoms in total. The van der Waals surface area contributed by atoms with Crippen LogP contribution in [0.15, 0.2) is 24.3 Å². The second kappa shape index (κ2) is 13.6. The highest BCUT2D eigenvalue weighted by molar-refractivity contribution is 7.13. The van der Waals surface area contributed by atoms with Crippen molar-refractivity contribution in [3.8, 4) is 0 Å². The first kappa shape index (κ1) is 26.4. The quantitative estimate of drug-likeness (QED) is 0.181. The summed E-state index contributed by atoms with van der Waals surface area (Å²) < 4.78 is 4.71. The van der Waals surface area contributed by atoms with Crippen LogP contribution < -0.4 is 26.8 Å². The number of hydrogen-bond acceptors (Lipinski definition) is 6. The lowest BCUT2D eigenvalue weighted by Gasteiger charge is -2.24. The lowest BCUT2D eigenvalue weighted by Crippen LogP contribution is -2.51. The zero-order valence-electron chi connectivity index (χ0n) is 17.6. The van der Waals surface area contributed by atoms with Crippen molar-refractivity contribution in [2.45, 2.75) is 45.4 Å². The Labute approximate surface area is 185 Å². The third-order valence-corrected chi connectivity index (χ3v) is 4.69. The number of urea groups is 1. The Morgan fingerprint density at radius 1 is 1.13 bits per heavy atom. The summed E-state index contributed by atoms with van der Waals surface area (Å²) in [5.41, 5.74) is 6.26. The van der Waals surface area contributed by atoms with Gasteiger partial charge in [0.2, 0.25) is 25.5 Å². The number of primary amides is 1. The monoisotopic (exact) mass is 449 g/mol. The largest absolute Gasteiger partial charge is 0.470 e. The van der Waals surface area contributed by atoms with Crippen LogP contribution in [0.5, 0.6) is 0 Å². The molecule has 2 radical (unpaired) electrons. The van der Waals surface area contributed by atoms with E-state index in [1.54, 1.807) is 24.3 Å². The van der Waals surface area contributed by atoms with E-state index in [9.17, 15) is 19.2 Å². The SMILES string of the molecule is [B]C(=O)OCc1ccc(NC(=O)[C@H](CCCNC(N)=O)NC(=O)C(NP)C(C)C)cc1. The average Bonchev–Trinajstić information content (AvgIpc) is 2.69. The maximum absolute atomic E-state index is 12.8. The van der Waals surface area contributed by atoms with E-state index in [2.05, 4.69) is 30.4 Å². The molecule has 3 atom stereocenters. The number of anilines is 1. The highest BCUT2D eigenvalue weighted by Gasteiger charge is 2.26. The van der Waals surface area contributed by atoms with E-state index in [0.717, 1.165) is 0 Å². The van der Waals surface area contributed by atoms with Gasteiger partial charge >= 0.3 is 6.03 Å². The molecule has 6 N–H and O–H groups in total. The highest BCUT2D eigenvalue weighted by Crippen LogP contribution is 2.12. The van der Waals surface area contributed by atoms with E-state index in [1.165, 1.54) is 0 Å². The van der Waals surface area contributed by atoms with Crippen molar-refractivity contribution in [2.24, 2.45) is 11.7 Å². The highest BCUT2D eigenvalue weighted by atomic mass is 31.0. The molecule has 0 aliphatic heterocycles. The Morgan fingerprint density at radius 3 is 2.29 bits per heavy atom. The number of nitrogens with two attached hydrogens (primary N) is 1. The van der Waals surface area contributed by atoms with Crippen LogP contribution in [0.3, 0.4) is 0 Å². The summed E-state index contributed by atoms with van der Waals surface area (Å²) in [5.74, 6) is -1.58. The van der Waals surface area contributed by atoms with Crippen LogP contribution in [0.1, 0.15) is 32.3 Å². The predicted molar refractivity (Wildman–Crippen MR) is 121 cm³/mol. The van der Waals surface area contributed by atoms with Crippen LogP contribution in [0.4, 0.5) is 15.3 Å². The summed E-state index contributed by atoms with van der Waals surface area (Å²) in [5, 5.41) is 10.8. The Morgan fingerprint density at radius 2 is 1.77 bits per heavy atom. The minimum Gasteiger partial charge on any atom is -0.470 e. The summed E-state index contributed by atoms with van der Waals surface area (Å²) in [7, 11) is 7.25. The third kappa shape index (κ3) is 10.3. The molecule has 4 amide bonds. The first-order valence-corrected chi connectivity index (χ1v) is 10.3. The second-order valence-corrected chi connectivity index (χ2v) is 7.51. The van der Waals surface area contributed by atoms with Gasteiger partial charge in [-0.15, -0.1) is 0 Å². The Bertz CT molecular complexity index is 763. The van der Waals surface area contributed by atoms with Gasteiger partial charge in [0.15, 0.2) is 0 Å². The summed E-state index contributed by atoms with van der Waals surface area (Å²) >= 11 is 0. The smallest absolute Gasteiger partial charge is 0.312 e. The van der Waals surface area contributed by atoms with Gasteiger partial charge < -0.3 is 26.4 Å². The number of benzene rings is 1. The molecule has 12 heteroatoms. The lowest BCUT2D eigenvalue weighted by atomic mass is 10.0. The van der Waals surface area contributed by atoms with Gasteiger partial charge in [0.1, 0.15) is 12.6 Å². The van der Waals surface area contributed by atoms with Crippen molar-refractivity contribution in [1.82, 2.24) is 15.7 Å². The third-order valence-electron chi connectivity index (χ3n) is 4.33. The molecule has 1 aromatic carbocycles. The fraction of sp³-hybridized carbons (Fsp3) is 0.474. The molecule has 0 aliphatic carbocycles. The molecule has 0 aromatic heterocycles. The minimum atomic E-state index is -0.874. The van der Waals surface area contributed by atoms with Gasteiger partial charge in [-0.05, 0) is 36.5 Å². The molecule has 0 aliphatic rings. The fourth-order valence-corrected chi connectivity index (χ4v) is 3.22. The predicted octanol–water partition coefficient (Wildman–Crippen LogP) is 0.768. The van der Waals surface area contributed by atoms with Gasteiger partial charge in [-0.2, -0.15) is 0 Å². The van der Waals surface area contributed by atoms with Gasteiger partial charge in [-0.1, -0.05) is 35.4 Å². The number of carbonyl (C=O) groups is 4. The molecule has 1 rings (SSSR count). The molecular weight excluding hydrogens is 420 g/mol. The standard InChI is InChI=1S/C19H29BN5O5P/c1-11(2)15(25-31)17(27)24-14(4-3-9-22-19(21)29)16(26)23-13-7-5-12(6-8-13)10-30-18(20)28/h5-8,11,14-15,25H,3-4,9-10,31H2,1-2H3,(H,23,26)(H,24,27)(H3,21,22,29)/t14-,15?/m0/s1. The summed E-state index contributed by atoms with van der Waals surface area (Å²) in [6.07, 6.45) is 0.732. The van der Waals surface area contributed by atoms with Crippen molar-refractivity contribution in [1.29, 1.82) is 0 Å². The Hall–Kier alpha value is -2.65. The van der Waals surface area contributed by atoms with Crippen molar-refractivity contribution >= 4 is 46.6 Å². The normalized spacial score (nSPS) is 12.5. The van der Waals surface area contributed by atoms with E-state index < -0.39 is 29.9 Å². The Kier molecular flexibility index (Phi) is 11.6. The molecule has 0 saturated heterocycles. The van der Waals surface area contributed by atoms with Crippen molar-refractivity contribution in [3.63, 3.8) is 0 Å². The molecule has 0 spiro atoms. The molecule has 31 heavy (non-hydrogen) atoms. The number of ether oxygens (including phenoxy) is 1. The van der Waals surface area contributed by atoms with Gasteiger partial charge in [0, 0.05) is 12.2 Å². The minimum absolute atomic E-state index is 0.00732.